The van der Waals surface area contributed by atoms with Crippen LogP contribution in [0.5, 0.6) is 0 Å². The number of rotatable bonds is 4. The topological polar surface area (TPSA) is 73.7 Å². The van der Waals surface area contributed by atoms with E-state index in [4.69, 9.17) is 16.6 Å². The number of pyridine rings is 1. The summed E-state index contributed by atoms with van der Waals surface area (Å²) in [5.74, 6) is 0.297. The van der Waals surface area contributed by atoms with Gasteiger partial charge in [-0.2, -0.15) is 0 Å². The minimum absolute atomic E-state index is 0.297. The van der Waals surface area contributed by atoms with Crippen LogP contribution in [-0.2, 0) is 4.79 Å². The van der Waals surface area contributed by atoms with Gasteiger partial charge < -0.3 is 15.1 Å². The molecule has 1 aromatic heterocycles. The van der Waals surface area contributed by atoms with Crippen molar-refractivity contribution in [2.45, 2.75) is 38.7 Å². The molecule has 1 saturated carbocycles. The van der Waals surface area contributed by atoms with Crippen LogP contribution in [0.15, 0.2) is 24.3 Å². The average Bonchev–Trinajstić information content (AvgIpc) is 3.41. The Bertz CT molecular complexity index is 868. The van der Waals surface area contributed by atoms with Crippen molar-refractivity contribution in [1.82, 2.24) is 4.98 Å². The predicted molar refractivity (Wildman–Crippen MR) is 102 cm³/mol. The van der Waals surface area contributed by atoms with Crippen molar-refractivity contribution in [2.24, 2.45) is 11.3 Å². The van der Waals surface area contributed by atoms with Gasteiger partial charge in [-0.1, -0.05) is 24.4 Å². The molecule has 2 N–H and O–H groups in total. The zero-order valence-corrected chi connectivity index (χ0v) is 15.5. The van der Waals surface area contributed by atoms with Gasteiger partial charge in [0.25, 0.3) is 0 Å². The molecule has 0 radical (unpaired) electrons. The van der Waals surface area contributed by atoms with Crippen LogP contribution in [0.4, 0.5) is 5.82 Å². The van der Waals surface area contributed by atoms with Gasteiger partial charge in [0.2, 0.25) is 0 Å². The van der Waals surface area contributed by atoms with E-state index in [1.54, 1.807) is 0 Å². The highest BCUT2D eigenvalue weighted by Gasteiger charge is 2.52. The highest BCUT2D eigenvalue weighted by molar-refractivity contribution is 6.31. The number of piperidine rings is 1. The molecule has 1 aromatic carbocycles. The summed E-state index contributed by atoms with van der Waals surface area (Å²) in [6.45, 7) is 2.91. The van der Waals surface area contributed by atoms with E-state index in [2.05, 4.69) is 0 Å². The lowest BCUT2D eigenvalue weighted by molar-refractivity contribution is -0.158. The smallest absolute Gasteiger partial charge is 0.314 e. The molecule has 1 aliphatic carbocycles. The first-order chi connectivity index (χ1) is 12.4. The lowest BCUT2D eigenvalue weighted by Crippen LogP contribution is -2.56. The maximum absolute atomic E-state index is 12.1. The van der Waals surface area contributed by atoms with E-state index >= 15 is 0 Å². The third kappa shape index (κ3) is 3.03. The van der Waals surface area contributed by atoms with Gasteiger partial charge in [-0.15, -0.1) is 0 Å². The molecular formula is C20H23ClN2O3. The Morgan fingerprint density at radius 1 is 1.35 bits per heavy atom. The fourth-order valence-electron chi connectivity index (χ4n) is 4.12. The molecule has 138 valence electrons. The number of aryl methyl sites for hydroxylation is 1. The largest absolute Gasteiger partial charge is 0.481 e. The third-order valence-electron chi connectivity index (χ3n) is 5.85. The first kappa shape index (κ1) is 17.6. The quantitative estimate of drug-likeness (QED) is 0.854. The van der Waals surface area contributed by atoms with Gasteiger partial charge in [-0.3, -0.25) is 4.79 Å². The van der Waals surface area contributed by atoms with Crippen LogP contribution in [-0.4, -0.2) is 40.4 Å². The van der Waals surface area contributed by atoms with Crippen LogP contribution in [0.25, 0.3) is 10.9 Å². The lowest BCUT2D eigenvalue weighted by Gasteiger charge is -2.44. The monoisotopic (exact) mass is 374 g/mol. The van der Waals surface area contributed by atoms with E-state index in [0.29, 0.717) is 36.9 Å². The molecule has 5 nitrogen and oxygen atoms in total. The number of anilines is 1. The van der Waals surface area contributed by atoms with Crippen molar-refractivity contribution in [3.05, 3.63) is 34.9 Å². The van der Waals surface area contributed by atoms with E-state index in [9.17, 15) is 15.0 Å². The van der Waals surface area contributed by atoms with Crippen LogP contribution < -0.4 is 4.90 Å². The fraction of sp³-hybridized carbons (Fsp3) is 0.500. The van der Waals surface area contributed by atoms with E-state index in [1.807, 2.05) is 36.1 Å². The molecule has 0 spiro atoms. The highest BCUT2D eigenvalue weighted by Crippen LogP contribution is 2.45. The van der Waals surface area contributed by atoms with Gasteiger partial charge in [0, 0.05) is 23.5 Å². The Morgan fingerprint density at radius 2 is 2.12 bits per heavy atom. The molecule has 1 aliphatic heterocycles. The maximum atomic E-state index is 12.1. The summed E-state index contributed by atoms with van der Waals surface area (Å²) in [5, 5.41) is 22.2. The number of halogens is 1. The number of carbonyl (C=O) groups is 1. The van der Waals surface area contributed by atoms with Crippen LogP contribution in [0, 0.1) is 18.3 Å². The van der Waals surface area contributed by atoms with Gasteiger partial charge in [0.05, 0.1) is 11.6 Å². The summed E-state index contributed by atoms with van der Waals surface area (Å²) in [7, 11) is 0. The van der Waals surface area contributed by atoms with Gasteiger partial charge in [0.1, 0.15) is 11.2 Å². The molecule has 2 fully saturated rings. The van der Waals surface area contributed by atoms with Gasteiger partial charge >= 0.3 is 5.97 Å². The van der Waals surface area contributed by atoms with E-state index in [0.717, 1.165) is 35.1 Å². The normalized spacial score (nSPS) is 26.3. The van der Waals surface area contributed by atoms with Gasteiger partial charge in [-0.05, 0) is 55.5 Å². The second kappa shape index (κ2) is 6.39. The van der Waals surface area contributed by atoms with Crippen molar-refractivity contribution < 1.29 is 15.0 Å². The Morgan fingerprint density at radius 3 is 2.81 bits per heavy atom. The highest BCUT2D eigenvalue weighted by atomic mass is 35.5. The molecule has 2 atom stereocenters. The first-order valence-corrected chi connectivity index (χ1v) is 9.50. The summed E-state index contributed by atoms with van der Waals surface area (Å²) >= 11 is 6.09. The predicted octanol–water partition coefficient (Wildman–Crippen LogP) is 3.64. The number of carboxylic acids is 1. The molecule has 2 heterocycles. The van der Waals surface area contributed by atoms with E-state index in [-0.39, 0.29) is 0 Å². The minimum atomic E-state index is -1.11. The summed E-state index contributed by atoms with van der Waals surface area (Å²) in [6.07, 6.45) is 2.31. The second-order valence-corrected chi connectivity index (χ2v) is 8.23. The summed E-state index contributed by atoms with van der Waals surface area (Å²) < 4.78 is 0. The fourth-order valence-corrected chi connectivity index (χ4v) is 4.29. The maximum Gasteiger partial charge on any atom is 0.314 e. The molecule has 0 amide bonds. The Balaban J connectivity index is 1.70. The molecule has 2 aliphatic rings. The van der Waals surface area contributed by atoms with Crippen molar-refractivity contribution in [1.29, 1.82) is 0 Å². The van der Waals surface area contributed by atoms with Crippen molar-refractivity contribution in [3.63, 3.8) is 0 Å². The van der Waals surface area contributed by atoms with Crippen molar-refractivity contribution in [2.75, 3.05) is 18.0 Å². The zero-order chi connectivity index (χ0) is 18.5. The first-order valence-electron chi connectivity index (χ1n) is 9.12. The van der Waals surface area contributed by atoms with Crippen LogP contribution in [0.1, 0.15) is 31.2 Å². The Kier molecular flexibility index (Phi) is 4.32. The average molecular weight is 375 g/mol. The standard InChI is InChI=1S/C20H23ClN2O3/c1-12-8-18(22-16-5-4-14(21)9-15(12)16)23-7-6-17(24)20(11-23,19(25)26)10-13-2-3-13/h4-5,8-9,13,17,24H,2-3,6-7,10-11H2,1H3,(H,25,26)/t17-,20+/m1/s1. The van der Waals surface area contributed by atoms with Crippen molar-refractivity contribution >= 4 is 34.3 Å². The minimum Gasteiger partial charge on any atom is -0.481 e. The number of aromatic nitrogens is 1. The third-order valence-corrected chi connectivity index (χ3v) is 6.08. The molecule has 6 heteroatoms. The summed E-state index contributed by atoms with van der Waals surface area (Å²) in [6, 6.07) is 7.59. The molecule has 0 unspecified atom stereocenters. The number of aliphatic hydroxyl groups is 1. The number of aliphatic hydroxyl groups excluding tert-OH is 1. The number of fused-ring (bicyclic) bond motifs is 1. The summed E-state index contributed by atoms with van der Waals surface area (Å²) in [4.78, 5) is 18.9. The van der Waals surface area contributed by atoms with Crippen LogP contribution in [0.2, 0.25) is 5.02 Å². The Hall–Kier alpha value is -1.85. The second-order valence-electron chi connectivity index (χ2n) is 7.79. The van der Waals surface area contributed by atoms with Gasteiger partial charge in [-0.25, -0.2) is 4.98 Å². The number of hydrogen-bond acceptors (Lipinski definition) is 4. The Labute approximate surface area is 157 Å². The molecule has 2 aromatic rings. The summed E-state index contributed by atoms with van der Waals surface area (Å²) in [5.41, 5.74) is 0.796. The van der Waals surface area contributed by atoms with Gasteiger partial charge in [0.15, 0.2) is 0 Å². The molecule has 1 saturated heterocycles. The van der Waals surface area contributed by atoms with E-state index in [1.165, 1.54) is 0 Å². The van der Waals surface area contributed by atoms with Crippen LogP contribution >= 0.6 is 11.6 Å². The SMILES string of the molecule is Cc1cc(N2CC[C@@H](O)[C@@](CC3CC3)(C(=O)O)C2)nc2ccc(Cl)cc12. The number of benzene rings is 1. The van der Waals surface area contributed by atoms with Crippen LogP contribution in [0.3, 0.4) is 0 Å². The molecule has 4 rings (SSSR count). The number of hydrogen-bond donors (Lipinski definition) is 2. The molecule has 0 bridgehead atoms. The number of nitrogens with zero attached hydrogens (tertiary/aromatic N) is 2. The van der Waals surface area contributed by atoms with E-state index < -0.39 is 17.5 Å². The number of aliphatic carboxylic acids is 1. The molecular weight excluding hydrogens is 352 g/mol. The van der Waals surface area contributed by atoms with Crippen molar-refractivity contribution in [3.8, 4) is 0 Å². The number of carboxylic acid groups (broad SMARTS) is 1. The lowest BCUT2D eigenvalue weighted by atomic mass is 9.73. The molecule has 26 heavy (non-hydrogen) atoms. The zero-order valence-electron chi connectivity index (χ0n) is 14.8.